The highest BCUT2D eigenvalue weighted by molar-refractivity contribution is 9.11. The van der Waals surface area contributed by atoms with Crippen molar-refractivity contribution in [2.24, 2.45) is 0 Å². The molecule has 1 aromatic heterocycles. The van der Waals surface area contributed by atoms with E-state index in [1.807, 2.05) is 0 Å². The Morgan fingerprint density at radius 3 is 3.20 bits per heavy atom. The number of rotatable bonds is 0. The Bertz CT molecular complexity index is 256. The van der Waals surface area contributed by atoms with E-state index in [2.05, 4.69) is 33.3 Å². The van der Waals surface area contributed by atoms with Crippen LogP contribution in [0.3, 0.4) is 0 Å². The molecule has 1 aliphatic heterocycles. The second-order valence-electron chi connectivity index (χ2n) is 2.55. The summed E-state index contributed by atoms with van der Waals surface area (Å²) in [5.41, 5.74) is 2.91. The Balaban J connectivity index is 2.54. The molecule has 0 saturated carbocycles. The standard InChI is InChI=1S/C7H8BrNS/c1-9-3-2-5-4-10-7(8)6(5)9/h4H,2-3H2,1H3. The van der Waals surface area contributed by atoms with Crippen molar-refractivity contribution in [3.05, 3.63) is 14.7 Å². The minimum Gasteiger partial charge on any atom is -0.372 e. The summed E-state index contributed by atoms with van der Waals surface area (Å²) in [6.45, 7) is 1.18. The number of halogens is 1. The number of nitrogens with zero attached hydrogens (tertiary/aromatic N) is 1. The summed E-state index contributed by atoms with van der Waals surface area (Å²) in [7, 11) is 2.14. The number of thiophene rings is 1. The van der Waals surface area contributed by atoms with Crippen molar-refractivity contribution < 1.29 is 0 Å². The third-order valence-corrected chi connectivity index (χ3v) is 3.63. The van der Waals surface area contributed by atoms with Crippen molar-refractivity contribution in [2.75, 3.05) is 18.5 Å². The van der Waals surface area contributed by atoms with E-state index in [1.165, 1.54) is 28.0 Å². The first-order chi connectivity index (χ1) is 4.79. The molecule has 1 aliphatic rings. The molecule has 2 rings (SSSR count). The van der Waals surface area contributed by atoms with Crippen LogP contribution in [0.1, 0.15) is 5.56 Å². The van der Waals surface area contributed by atoms with Gasteiger partial charge < -0.3 is 4.90 Å². The largest absolute Gasteiger partial charge is 0.372 e. The highest BCUT2D eigenvalue weighted by Gasteiger charge is 2.19. The van der Waals surface area contributed by atoms with E-state index in [9.17, 15) is 0 Å². The van der Waals surface area contributed by atoms with Crippen molar-refractivity contribution in [1.82, 2.24) is 0 Å². The zero-order chi connectivity index (χ0) is 7.14. The summed E-state index contributed by atoms with van der Waals surface area (Å²) in [4.78, 5) is 2.30. The zero-order valence-corrected chi connectivity index (χ0v) is 8.13. The van der Waals surface area contributed by atoms with Gasteiger partial charge in [0, 0.05) is 13.6 Å². The van der Waals surface area contributed by atoms with Crippen LogP contribution in [0.15, 0.2) is 9.17 Å². The molecule has 0 amide bonds. The van der Waals surface area contributed by atoms with E-state index < -0.39 is 0 Å². The number of likely N-dealkylation sites (N-methyl/N-ethyl adjacent to an activating group) is 1. The maximum absolute atomic E-state index is 3.53. The van der Waals surface area contributed by atoms with Gasteiger partial charge in [0.15, 0.2) is 0 Å². The molecule has 54 valence electrons. The summed E-state index contributed by atoms with van der Waals surface area (Å²) in [5, 5.41) is 2.24. The number of anilines is 1. The maximum atomic E-state index is 3.53. The summed E-state index contributed by atoms with van der Waals surface area (Å²) < 4.78 is 1.28. The highest BCUT2D eigenvalue weighted by Crippen LogP contribution is 2.39. The monoisotopic (exact) mass is 217 g/mol. The van der Waals surface area contributed by atoms with Crippen molar-refractivity contribution in [3.8, 4) is 0 Å². The van der Waals surface area contributed by atoms with Crippen LogP contribution in [0.5, 0.6) is 0 Å². The minimum atomic E-state index is 1.18. The fourth-order valence-corrected chi connectivity index (χ4v) is 3.04. The molecule has 1 nitrogen and oxygen atoms in total. The molecule has 0 atom stereocenters. The van der Waals surface area contributed by atoms with Gasteiger partial charge in [-0.15, -0.1) is 11.3 Å². The van der Waals surface area contributed by atoms with Gasteiger partial charge in [-0.2, -0.15) is 0 Å². The molecule has 0 unspecified atom stereocenters. The van der Waals surface area contributed by atoms with Gasteiger partial charge in [0.2, 0.25) is 0 Å². The molecule has 0 N–H and O–H groups in total. The molecule has 0 bridgehead atoms. The summed E-state index contributed by atoms with van der Waals surface area (Å²) in [6, 6.07) is 0. The molecule has 0 radical (unpaired) electrons. The molecule has 0 fully saturated rings. The second-order valence-corrected chi connectivity index (χ2v) is 4.75. The lowest BCUT2D eigenvalue weighted by Gasteiger charge is -2.09. The van der Waals surface area contributed by atoms with Gasteiger partial charge >= 0.3 is 0 Å². The van der Waals surface area contributed by atoms with Gasteiger partial charge in [0.1, 0.15) is 0 Å². The summed E-state index contributed by atoms with van der Waals surface area (Å²) in [6.07, 6.45) is 1.22. The predicted molar refractivity (Wildman–Crippen MR) is 49.0 cm³/mol. The molecular weight excluding hydrogens is 210 g/mol. The smallest absolute Gasteiger partial charge is 0.0934 e. The first-order valence-corrected chi connectivity index (χ1v) is 4.93. The predicted octanol–water partition coefficient (Wildman–Crippen LogP) is 2.50. The van der Waals surface area contributed by atoms with Gasteiger partial charge in [0.05, 0.1) is 9.47 Å². The van der Waals surface area contributed by atoms with Crippen molar-refractivity contribution >= 4 is 33.0 Å². The normalized spacial score (nSPS) is 16.0. The Morgan fingerprint density at radius 2 is 2.50 bits per heavy atom. The number of hydrogen-bond acceptors (Lipinski definition) is 2. The van der Waals surface area contributed by atoms with Crippen LogP contribution >= 0.6 is 27.3 Å². The van der Waals surface area contributed by atoms with Crippen LogP contribution in [0.2, 0.25) is 0 Å². The van der Waals surface area contributed by atoms with Crippen LogP contribution < -0.4 is 4.90 Å². The molecule has 2 heterocycles. The third kappa shape index (κ3) is 0.805. The third-order valence-electron chi connectivity index (χ3n) is 1.89. The minimum absolute atomic E-state index is 1.18. The summed E-state index contributed by atoms with van der Waals surface area (Å²) in [5.74, 6) is 0. The summed E-state index contributed by atoms with van der Waals surface area (Å²) >= 11 is 5.32. The molecule has 1 aromatic rings. The molecule has 10 heavy (non-hydrogen) atoms. The Hall–Kier alpha value is -0.0200. The lowest BCUT2D eigenvalue weighted by Crippen LogP contribution is -2.12. The van der Waals surface area contributed by atoms with Crippen LogP contribution in [-0.2, 0) is 6.42 Å². The van der Waals surface area contributed by atoms with Crippen LogP contribution in [0.25, 0.3) is 0 Å². The lowest BCUT2D eigenvalue weighted by molar-refractivity contribution is 0.955. The molecule has 0 aromatic carbocycles. The van der Waals surface area contributed by atoms with Gasteiger partial charge in [-0.25, -0.2) is 0 Å². The average Bonchev–Trinajstić information content (AvgIpc) is 2.40. The fraction of sp³-hybridized carbons (Fsp3) is 0.429. The van der Waals surface area contributed by atoms with Crippen molar-refractivity contribution in [2.45, 2.75) is 6.42 Å². The van der Waals surface area contributed by atoms with E-state index in [4.69, 9.17) is 0 Å². The van der Waals surface area contributed by atoms with E-state index >= 15 is 0 Å². The lowest BCUT2D eigenvalue weighted by atomic mass is 10.3. The fourth-order valence-electron chi connectivity index (χ4n) is 1.33. The molecule has 0 spiro atoms. The molecule has 3 heteroatoms. The highest BCUT2D eigenvalue weighted by atomic mass is 79.9. The molecule has 0 aliphatic carbocycles. The SMILES string of the molecule is CN1CCc2csc(Br)c21. The zero-order valence-electron chi connectivity index (χ0n) is 5.72. The van der Waals surface area contributed by atoms with E-state index in [0.29, 0.717) is 0 Å². The Kier molecular flexibility index (Phi) is 1.49. The first-order valence-electron chi connectivity index (χ1n) is 3.26. The van der Waals surface area contributed by atoms with Gasteiger partial charge in [-0.3, -0.25) is 0 Å². The van der Waals surface area contributed by atoms with Gasteiger partial charge in [-0.05, 0) is 33.3 Å². The second kappa shape index (κ2) is 2.24. The number of fused-ring (bicyclic) bond motifs is 1. The van der Waals surface area contributed by atoms with Crippen molar-refractivity contribution in [1.29, 1.82) is 0 Å². The van der Waals surface area contributed by atoms with Crippen LogP contribution in [-0.4, -0.2) is 13.6 Å². The first kappa shape index (κ1) is 6.68. The van der Waals surface area contributed by atoms with E-state index in [0.717, 1.165) is 0 Å². The van der Waals surface area contributed by atoms with E-state index in [-0.39, 0.29) is 0 Å². The number of hydrogen-bond donors (Lipinski definition) is 0. The maximum Gasteiger partial charge on any atom is 0.0934 e. The van der Waals surface area contributed by atoms with E-state index in [1.54, 1.807) is 11.3 Å². The quantitative estimate of drug-likeness (QED) is 0.646. The Morgan fingerprint density at radius 1 is 1.70 bits per heavy atom. The topological polar surface area (TPSA) is 3.24 Å². The average molecular weight is 218 g/mol. The molecule has 0 saturated heterocycles. The van der Waals surface area contributed by atoms with Crippen LogP contribution in [0.4, 0.5) is 5.69 Å². The Labute approximate surface area is 72.8 Å². The molecular formula is C7H8BrNS. The van der Waals surface area contributed by atoms with Crippen molar-refractivity contribution in [3.63, 3.8) is 0 Å². The van der Waals surface area contributed by atoms with Gasteiger partial charge in [-0.1, -0.05) is 0 Å². The van der Waals surface area contributed by atoms with Crippen LogP contribution in [0, 0.1) is 0 Å². The van der Waals surface area contributed by atoms with Gasteiger partial charge in [0.25, 0.3) is 0 Å².